The minimum Gasteiger partial charge on any atom is -0.398 e. The number of nitrogens with two attached hydrogens (primary N) is 1. The Morgan fingerprint density at radius 1 is 1.00 bits per heavy atom. The molecule has 0 bridgehead atoms. The van der Waals surface area contributed by atoms with Crippen molar-refractivity contribution < 1.29 is 8.42 Å². The zero-order valence-corrected chi connectivity index (χ0v) is 13.0. The Kier molecular flexibility index (Phi) is 4.34. The fraction of sp³-hybridized carbons (Fsp3) is 0. The molecule has 3 N–H and O–H groups in total. The number of hydrogen-bond acceptors (Lipinski definition) is 3. The van der Waals surface area contributed by atoms with E-state index in [0.29, 0.717) is 10.0 Å². The number of nitrogen functional groups attached to an aromatic ring is 1. The van der Waals surface area contributed by atoms with Gasteiger partial charge < -0.3 is 5.73 Å². The fourth-order valence-electron chi connectivity index (χ4n) is 1.63. The number of anilines is 2. The Hall–Kier alpha value is -1.14. The van der Waals surface area contributed by atoms with E-state index in [-0.39, 0.29) is 21.3 Å². The van der Waals surface area contributed by atoms with Crippen LogP contribution < -0.4 is 10.5 Å². The molecule has 0 aliphatic carbocycles. The van der Waals surface area contributed by atoms with Crippen LogP contribution in [0.15, 0.2) is 41.3 Å². The van der Waals surface area contributed by atoms with E-state index in [0.717, 1.165) is 0 Å². The molecule has 0 atom stereocenters. The van der Waals surface area contributed by atoms with E-state index in [4.69, 9.17) is 40.5 Å². The Balaban J connectivity index is 2.46. The zero-order chi connectivity index (χ0) is 14.9. The third-order valence-corrected chi connectivity index (χ3v) is 4.74. The summed E-state index contributed by atoms with van der Waals surface area (Å²) in [6.45, 7) is 0. The topological polar surface area (TPSA) is 72.2 Å². The van der Waals surface area contributed by atoms with Gasteiger partial charge in [-0.1, -0.05) is 40.9 Å². The van der Waals surface area contributed by atoms with Gasteiger partial charge in [-0.05, 0) is 30.3 Å². The number of hydrogen-bond donors (Lipinski definition) is 2. The third kappa shape index (κ3) is 3.30. The molecule has 0 heterocycles. The first kappa shape index (κ1) is 15.3. The lowest BCUT2D eigenvalue weighted by molar-refractivity contribution is 0.601. The van der Waals surface area contributed by atoms with Crippen LogP contribution in [0.3, 0.4) is 0 Å². The molecule has 0 unspecified atom stereocenters. The van der Waals surface area contributed by atoms with Crippen molar-refractivity contribution in [3.63, 3.8) is 0 Å². The lowest BCUT2D eigenvalue weighted by Gasteiger charge is -2.12. The van der Waals surface area contributed by atoms with Crippen molar-refractivity contribution in [3.8, 4) is 0 Å². The van der Waals surface area contributed by atoms with E-state index < -0.39 is 10.0 Å². The van der Waals surface area contributed by atoms with Crippen LogP contribution in [0.5, 0.6) is 0 Å². The number of sulfonamides is 1. The molecule has 2 aromatic carbocycles. The van der Waals surface area contributed by atoms with Crippen molar-refractivity contribution in [2.45, 2.75) is 4.90 Å². The third-order valence-electron chi connectivity index (χ3n) is 2.38. The molecule has 4 nitrogen and oxygen atoms in total. The molecule has 0 aromatic heterocycles. The van der Waals surface area contributed by atoms with Gasteiger partial charge in [0.2, 0.25) is 0 Å². The Labute approximate surface area is 131 Å². The molecule has 20 heavy (non-hydrogen) atoms. The Bertz CT molecular complexity index is 723. The van der Waals surface area contributed by atoms with E-state index >= 15 is 0 Å². The van der Waals surface area contributed by atoms with Crippen molar-refractivity contribution in [1.29, 1.82) is 0 Å². The van der Waals surface area contributed by atoms with Crippen molar-refractivity contribution in [3.05, 3.63) is 51.5 Å². The molecule has 0 fully saturated rings. The first-order chi connectivity index (χ1) is 9.29. The van der Waals surface area contributed by atoms with Gasteiger partial charge in [0.25, 0.3) is 10.0 Å². The van der Waals surface area contributed by atoms with Crippen LogP contribution in [-0.2, 0) is 10.0 Å². The molecular weight excluding hydrogens is 343 g/mol. The molecule has 0 saturated heterocycles. The first-order valence-electron chi connectivity index (χ1n) is 5.32. The number of halogens is 3. The van der Waals surface area contributed by atoms with Crippen molar-refractivity contribution in [2.24, 2.45) is 0 Å². The quantitative estimate of drug-likeness (QED) is 0.820. The van der Waals surface area contributed by atoms with Gasteiger partial charge in [0.05, 0.1) is 16.4 Å². The van der Waals surface area contributed by atoms with E-state index in [1.54, 1.807) is 6.07 Å². The number of benzene rings is 2. The first-order valence-corrected chi connectivity index (χ1v) is 7.94. The lowest BCUT2D eigenvalue weighted by Crippen LogP contribution is -2.15. The summed E-state index contributed by atoms with van der Waals surface area (Å²) >= 11 is 17.5. The predicted molar refractivity (Wildman–Crippen MR) is 83.1 cm³/mol. The largest absolute Gasteiger partial charge is 0.398 e. The van der Waals surface area contributed by atoms with Crippen LogP contribution in [0.1, 0.15) is 0 Å². The summed E-state index contributed by atoms with van der Waals surface area (Å²) in [5.41, 5.74) is 5.94. The minimum atomic E-state index is -3.93. The maximum atomic E-state index is 12.3. The van der Waals surface area contributed by atoms with Gasteiger partial charge in [-0.25, -0.2) is 8.42 Å². The molecule has 0 radical (unpaired) electrons. The summed E-state index contributed by atoms with van der Waals surface area (Å²) in [6, 6.07) is 8.80. The van der Waals surface area contributed by atoms with E-state index in [2.05, 4.69) is 4.72 Å². The minimum absolute atomic E-state index is 0.0330. The van der Waals surface area contributed by atoms with Crippen molar-refractivity contribution in [1.82, 2.24) is 0 Å². The summed E-state index contributed by atoms with van der Waals surface area (Å²) < 4.78 is 26.9. The summed E-state index contributed by atoms with van der Waals surface area (Å²) in [5, 5.41) is 0.648. The van der Waals surface area contributed by atoms with E-state index in [1.165, 1.54) is 30.3 Å². The molecule has 8 heteroatoms. The van der Waals surface area contributed by atoms with Gasteiger partial charge in [0, 0.05) is 10.0 Å². The van der Waals surface area contributed by atoms with Crippen LogP contribution in [0.4, 0.5) is 11.4 Å². The van der Waals surface area contributed by atoms with Crippen LogP contribution in [0, 0.1) is 0 Å². The molecular formula is C12H9Cl3N2O2S. The monoisotopic (exact) mass is 350 g/mol. The molecule has 0 aliphatic heterocycles. The smallest absolute Gasteiger partial charge is 0.265 e. The maximum Gasteiger partial charge on any atom is 0.265 e. The van der Waals surface area contributed by atoms with Gasteiger partial charge >= 0.3 is 0 Å². The van der Waals surface area contributed by atoms with E-state index in [1.807, 2.05) is 0 Å². The van der Waals surface area contributed by atoms with Crippen LogP contribution >= 0.6 is 34.8 Å². The normalized spacial score (nSPS) is 11.3. The van der Waals surface area contributed by atoms with Crippen molar-refractivity contribution in [2.75, 3.05) is 10.5 Å². The molecule has 2 rings (SSSR count). The Morgan fingerprint density at radius 3 is 2.15 bits per heavy atom. The highest BCUT2D eigenvalue weighted by Gasteiger charge is 2.21. The SMILES string of the molecule is Nc1cccc(Cl)c1S(=O)(=O)Nc1cc(Cl)cc(Cl)c1. The molecule has 0 spiro atoms. The second-order valence-corrected chi connectivity index (χ2v) is 6.82. The molecule has 0 saturated carbocycles. The fourth-order valence-corrected chi connectivity index (χ4v) is 3.87. The molecule has 0 aliphatic rings. The van der Waals surface area contributed by atoms with Crippen molar-refractivity contribution >= 4 is 56.2 Å². The summed E-state index contributed by atoms with van der Waals surface area (Å²) in [7, 11) is -3.93. The van der Waals surface area contributed by atoms with Gasteiger partial charge in [0.1, 0.15) is 4.90 Å². The van der Waals surface area contributed by atoms with Crippen LogP contribution in [0.25, 0.3) is 0 Å². The number of rotatable bonds is 3. The predicted octanol–water partition coefficient (Wildman–Crippen LogP) is 4.03. The standard InChI is InChI=1S/C12H9Cl3N2O2S/c13-7-4-8(14)6-9(5-7)17-20(18,19)12-10(15)2-1-3-11(12)16/h1-6,17H,16H2. The van der Waals surface area contributed by atoms with E-state index in [9.17, 15) is 8.42 Å². The maximum absolute atomic E-state index is 12.3. The van der Waals surface area contributed by atoms with Crippen LogP contribution in [0.2, 0.25) is 15.1 Å². The zero-order valence-electron chi connectivity index (χ0n) is 9.90. The average Bonchev–Trinajstić information content (AvgIpc) is 2.25. The van der Waals surface area contributed by atoms with Gasteiger partial charge in [-0.2, -0.15) is 0 Å². The van der Waals surface area contributed by atoms with Gasteiger partial charge in [-0.15, -0.1) is 0 Å². The summed E-state index contributed by atoms with van der Waals surface area (Å²) in [6.07, 6.45) is 0. The molecule has 2 aromatic rings. The molecule has 0 amide bonds. The molecule has 106 valence electrons. The number of nitrogens with one attached hydrogen (secondary N) is 1. The Morgan fingerprint density at radius 2 is 1.60 bits per heavy atom. The highest BCUT2D eigenvalue weighted by Crippen LogP contribution is 2.30. The van der Waals surface area contributed by atoms with Gasteiger partial charge in [-0.3, -0.25) is 4.72 Å². The summed E-state index contributed by atoms with van der Waals surface area (Å²) in [4.78, 5) is -0.183. The average molecular weight is 352 g/mol. The van der Waals surface area contributed by atoms with Crippen LogP contribution in [-0.4, -0.2) is 8.42 Å². The second-order valence-electron chi connectivity index (χ2n) is 3.92. The second kappa shape index (κ2) is 5.69. The van der Waals surface area contributed by atoms with Gasteiger partial charge in [0.15, 0.2) is 0 Å². The highest BCUT2D eigenvalue weighted by atomic mass is 35.5. The highest BCUT2D eigenvalue weighted by molar-refractivity contribution is 7.93. The lowest BCUT2D eigenvalue weighted by atomic mass is 10.3. The summed E-state index contributed by atoms with van der Waals surface area (Å²) in [5.74, 6) is 0.